The molecule has 2 bridgehead atoms. The summed E-state index contributed by atoms with van der Waals surface area (Å²) in [4.78, 5) is 19.3. The van der Waals surface area contributed by atoms with Crippen molar-refractivity contribution in [3.05, 3.63) is 71.6 Å². The average Bonchev–Trinajstić information content (AvgIpc) is 3.41. The highest BCUT2D eigenvalue weighted by Crippen LogP contribution is 2.54. The summed E-state index contributed by atoms with van der Waals surface area (Å²) >= 11 is 0. The van der Waals surface area contributed by atoms with Crippen molar-refractivity contribution in [1.82, 2.24) is 15.2 Å². The van der Waals surface area contributed by atoms with Gasteiger partial charge in [0.05, 0.1) is 17.3 Å². The number of benzene rings is 1. The second kappa shape index (κ2) is 7.97. The van der Waals surface area contributed by atoms with Crippen LogP contribution in [0, 0.1) is 18.8 Å². The maximum Gasteiger partial charge on any atom is 0.252 e. The molecule has 0 radical (unpaired) electrons. The first-order valence-electron chi connectivity index (χ1n) is 11.0. The molecule has 1 aromatic heterocycles. The van der Waals surface area contributed by atoms with Crippen LogP contribution in [0.1, 0.15) is 34.5 Å². The Morgan fingerprint density at radius 3 is 2.97 bits per heavy atom. The molecule has 1 amide bonds. The van der Waals surface area contributed by atoms with E-state index in [4.69, 9.17) is 4.74 Å². The van der Waals surface area contributed by atoms with Gasteiger partial charge < -0.3 is 10.1 Å². The lowest BCUT2D eigenvalue weighted by Gasteiger charge is -2.29. The van der Waals surface area contributed by atoms with E-state index in [1.54, 1.807) is 6.20 Å². The summed E-state index contributed by atoms with van der Waals surface area (Å²) < 4.78 is 6.52. The van der Waals surface area contributed by atoms with E-state index in [0.717, 1.165) is 38.2 Å². The zero-order valence-corrected chi connectivity index (χ0v) is 17.5. The number of nitrogens with one attached hydrogen (secondary N) is 1. The van der Waals surface area contributed by atoms with Crippen molar-refractivity contribution in [3.8, 4) is 0 Å². The molecule has 3 aliphatic rings. The smallest absolute Gasteiger partial charge is 0.252 e. The van der Waals surface area contributed by atoms with Crippen LogP contribution in [-0.4, -0.2) is 53.7 Å². The van der Waals surface area contributed by atoms with Crippen LogP contribution in [0.4, 0.5) is 0 Å². The fourth-order valence-electron chi connectivity index (χ4n) is 5.52. The number of pyridine rings is 1. The quantitative estimate of drug-likeness (QED) is 0.804. The van der Waals surface area contributed by atoms with Gasteiger partial charge in [0.15, 0.2) is 0 Å². The number of amides is 1. The third kappa shape index (κ3) is 3.68. The maximum absolute atomic E-state index is 12.5. The number of aryl methyl sites for hydroxylation is 1. The molecule has 5 nitrogen and oxygen atoms in total. The summed E-state index contributed by atoms with van der Waals surface area (Å²) in [7, 11) is 0. The molecule has 30 heavy (non-hydrogen) atoms. The molecule has 3 saturated heterocycles. The highest BCUT2D eigenvalue weighted by molar-refractivity contribution is 5.93. The van der Waals surface area contributed by atoms with Crippen LogP contribution in [0.2, 0.25) is 0 Å². The number of fused-ring (bicyclic) bond motifs is 1. The Bertz CT molecular complexity index is 927. The van der Waals surface area contributed by atoms with Gasteiger partial charge in [0.1, 0.15) is 0 Å². The van der Waals surface area contributed by atoms with Crippen LogP contribution in [0.5, 0.6) is 0 Å². The number of hydrogen-bond acceptors (Lipinski definition) is 4. The lowest BCUT2D eigenvalue weighted by Crippen LogP contribution is -2.41. The van der Waals surface area contributed by atoms with E-state index in [0.29, 0.717) is 23.9 Å². The van der Waals surface area contributed by atoms with Crippen molar-refractivity contribution in [3.63, 3.8) is 0 Å². The SMILES string of the molecule is Cc1ccc(C(=O)NC[C@H]2[C@H]3CN(C/C=C/c4ccccc4)C[C@]34CC[C@H]2O4)cn1. The Hall–Kier alpha value is -2.50. The largest absolute Gasteiger partial charge is 0.370 e. The minimum Gasteiger partial charge on any atom is -0.370 e. The van der Waals surface area contributed by atoms with Gasteiger partial charge in [0.2, 0.25) is 0 Å². The summed E-state index contributed by atoms with van der Waals surface area (Å²) in [5.41, 5.74) is 2.77. The van der Waals surface area contributed by atoms with E-state index in [9.17, 15) is 4.79 Å². The Kier molecular flexibility index (Phi) is 5.17. The summed E-state index contributed by atoms with van der Waals surface area (Å²) in [6.07, 6.45) is 8.64. The van der Waals surface area contributed by atoms with Crippen molar-refractivity contribution in [2.45, 2.75) is 31.5 Å². The molecule has 0 unspecified atom stereocenters. The molecule has 2 aromatic rings. The normalized spacial score (nSPS) is 30.1. The molecule has 5 heteroatoms. The topological polar surface area (TPSA) is 54.5 Å². The summed E-state index contributed by atoms with van der Waals surface area (Å²) in [6, 6.07) is 14.1. The summed E-state index contributed by atoms with van der Waals surface area (Å²) in [5.74, 6) is 0.849. The number of likely N-dealkylation sites (tertiary alicyclic amines) is 1. The van der Waals surface area contributed by atoms with Gasteiger partial charge in [-0.3, -0.25) is 14.7 Å². The highest BCUT2D eigenvalue weighted by atomic mass is 16.5. The molecule has 156 valence electrons. The third-order valence-corrected chi connectivity index (χ3v) is 7.00. The van der Waals surface area contributed by atoms with Crippen molar-refractivity contribution in [1.29, 1.82) is 0 Å². The first kappa shape index (κ1) is 19.5. The number of carbonyl (C=O) groups is 1. The molecule has 1 aromatic carbocycles. The van der Waals surface area contributed by atoms with Crippen molar-refractivity contribution < 1.29 is 9.53 Å². The van der Waals surface area contributed by atoms with Crippen molar-refractivity contribution >= 4 is 12.0 Å². The van der Waals surface area contributed by atoms with Crippen LogP contribution in [0.15, 0.2) is 54.7 Å². The van der Waals surface area contributed by atoms with E-state index >= 15 is 0 Å². The Morgan fingerprint density at radius 2 is 2.17 bits per heavy atom. The molecule has 4 atom stereocenters. The second-order valence-corrected chi connectivity index (χ2v) is 8.94. The zero-order valence-electron chi connectivity index (χ0n) is 17.5. The molecule has 0 aliphatic carbocycles. The number of ether oxygens (including phenoxy) is 1. The van der Waals surface area contributed by atoms with Crippen molar-refractivity contribution in [2.24, 2.45) is 11.8 Å². The number of rotatable bonds is 6. The zero-order chi connectivity index (χ0) is 20.6. The number of nitrogens with zero attached hydrogens (tertiary/aromatic N) is 2. The van der Waals surface area contributed by atoms with Gasteiger partial charge in [0, 0.05) is 49.9 Å². The van der Waals surface area contributed by atoms with Gasteiger partial charge in [-0.2, -0.15) is 0 Å². The molecule has 5 rings (SSSR count). The molecular formula is C25H29N3O2. The van der Waals surface area contributed by atoms with Gasteiger partial charge in [-0.25, -0.2) is 0 Å². The molecule has 1 spiro atoms. The number of hydrogen-bond donors (Lipinski definition) is 1. The van der Waals surface area contributed by atoms with Crippen LogP contribution in [0.3, 0.4) is 0 Å². The number of aromatic nitrogens is 1. The predicted octanol–water partition coefficient (Wildman–Crippen LogP) is 3.31. The van der Waals surface area contributed by atoms with Gasteiger partial charge in [-0.1, -0.05) is 42.5 Å². The predicted molar refractivity (Wildman–Crippen MR) is 117 cm³/mol. The van der Waals surface area contributed by atoms with Gasteiger partial charge in [-0.15, -0.1) is 0 Å². The first-order valence-corrected chi connectivity index (χ1v) is 11.0. The second-order valence-electron chi connectivity index (χ2n) is 8.94. The van der Waals surface area contributed by atoms with Crippen LogP contribution >= 0.6 is 0 Å². The van der Waals surface area contributed by atoms with E-state index in [1.165, 1.54) is 5.56 Å². The van der Waals surface area contributed by atoms with E-state index in [1.807, 2.05) is 25.1 Å². The summed E-state index contributed by atoms with van der Waals surface area (Å²) in [6.45, 7) is 5.59. The fraction of sp³-hybridized carbons (Fsp3) is 0.440. The molecule has 3 aliphatic heterocycles. The van der Waals surface area contributed by atoms with E-state index in [2.05, 4.69) is 51.6 Å². The minimum atomic E-state index is -0.0417. The first-order chi connectivity index (χ1) is 14.6. The van der Waals surface area contributed by atoms with Crippen LogP contribution in [-0.2, 0) is 4.74 Å². The molecule has 4 heterocycles. The molecule has 3 fully saturated rings. The Balaban J connectivity index is 1.19. The van der Waals surface area contributed by atoms with E-state index < -0.39 is 0 Å². The minimum absolute atomic E-state index is 0.00787. The standard InChI is InChI=1S/C25H29N3O2/c1-18-9-10-20(14-26-18)24(29)27-15-21-22-16-28(17-25(22)12-11-23(21)30-25)13-5-8-19-6-3-2-4-7-19/h2-10,14,21-23H,11-13,15-17H2,1H3,(H,27,29)/b8-5+/t21-,22+,23+,25+/m0/s1. The fourth-order valence-corrected chi connectivity index (χ4v) is 5.52. The maximum atomic E-state index is 12.5. The van der Waals surface area contributed by atoms with Crippen LogP contribution < -0.4 is 5.32 Å². The Morgan fingerprint density at radius 1 is 1.30 bits per heavy atom. The monoisotopic (exact) mass is 403 g/mol. The third-order valence-electron chi connectivity index (χ3n) is 7.00. The number of carbonyl (C=O) groups excluding carboxylic acids is 1. The van der Waals surface area contributed by atoms with Crippen LogP contribution in [0.25, 0.3) is 6.08 Å². The highest BCUT2D eigenvalue weighted by Gasteiger charge is 2.62. The summed E-state index contributed by atoms with van der Waals surface area (Å²) in [5, 5.41) is 3.14. The average molecular weight is 404 g/mol. The van der Waals surface area contributed by atoms with E-state index in [-0.39, 0.29) is 17.6 Å². The lowest BCUT2D eigenvalue weighted by molar-refractivity contribution is 0.00366. The molecule has 1 N–H and O–H groups in total. The molecule has 0 saturated carbocycles. The molecular weight excluding hydrogens is 374 g/mol. The van der Waals surface area contributed by atoms with Crippen molar-refractivity contribution in [2.75, 3.05) is 26.2 Å². The lowest BCUT2D eigenvalue weighted by atomic mass is 9.73. The van der Waals surface area contributed by atoms with Gasteiger partial charge >= 0.3 is 0 Å². The van der Waals surface area contributed by atoms with Gasteiger partial charge in [0.25, 0.3) is 5.91 Å². The van der Waals surface area contributed by atoms with Gasteiger partial charge in [-0.05, 0) is 37.5 Å². The Labute approximate surface area is 178 Å².